The van der Waals surface area contributed by atoms with Gasteiger partial charge in [-0.05, 0) is 33.6 Å². The van der Waals surface area contributed by atoms with Crippen molar-refractivity contribution in [3.8, 4) is 11.6 Å². The minimum Gasteiger partial charge on any atom is -0.508 e. The lowest BCUT2D eigenvalue weighted by molar-refractivity contribution is 0.442. The van der Waals surface area contributed by atoms with Crippen molar-refractivity contribution in [2.45, 2.75) is 6.54 Å². The quantitative estimate of drug-likeness (QED) is 0.880. The minimum atomic E-state index is -0.356. The van der Waals surface area contributed by atoms with Crippen molar-refractivity contribution in [2.24, 2.45) is 0 Å². The van der Waals surface area contributed by atoms with Crippen LogP contribution >= 0.6 is 28.3 Å². The van der Waals surface area contributed by atoms with Gasteiger partial charge in [0.1, 0.15) is 16.5 Å². The Morgan fingerprint density at radius 3 is 2.44 bits per heavy atom. The zero-order valence-electron chi connectivity index (χ0n) is 9.08. The molecule has 1 aromatic carbocycles. The molecular formula is C11H10BrClN2O3. The predicted octanol–water partition coefficient (Wildman–Crippen LogP) is 1.89. The van der Waals surface area contributed by atoms with E-state index < -0.39 is 0 Å². The van der Waals surface area contributed by atoms with Crippen LogP contribution in [0, 0.1) is 0 Å². The number of aromatic nitrogens is 2. The molecule has 2 aromatic rings. The lowest BCUT2D eigenvalue weighted by Crippen LogP contribution is -2.21. The number of nitrogens with zero attached hydrogens (tertiary/aromatic N) is 2. The zero-order chi connectivity index (χ0) is 12.4. The van der Waals surface area contributed by atoms with Gasteiger partial charge < -0.3 is 10.2 Å². The molecule has 0 aliphatic carbocycles. The van der Waals surface area contributed by atoms with E-state index in [-0.39, 0.29) is 34.1 Å². The average Bonchev–Trinajstić information content (AvgIpc) is 2.33. The summed E-state index contributed by atoms with van der Waals surface area (Å²) >= 11 is 2.97. The van der Waals surface area contributed by atoms with Gasteiger partial charge in [-0.15, -0.1) is 12.4 Å². The van der Waals surface area contributed by atoms with Crippen LogP contribution in [0.25, 0.3) is 0 Å². The molecule has 1 aromatic heterocycles. The molecule has 18 heavy (non-hydrogen) atoms. The molecule has 0 aliphatic heterocycles. The van der Waals surface area contributed by atoms with Crippen LogP contribution < -0.4 is 5.56 Å². The number of hydrogen-bond donors (Lipinski definition) is 2. The molecule has 0 saturated carbocycles. The van der Waals surface area contributed by atoms with Crippen molar-refractivity contribution < 1.29 is 10.2 Å². The monoisotopic (exact) mass is 332 g/mol. The Balaban J connectivity index is 0.00000162. The smallest absolute Gasteiger partial charge is 0.271 e. The standard InChI is InChI=1S/C11H9BrN2O3.ClH/c12-9-10(16)13-6-14(11(9)17)5-7-1-3-8(15)4-2-7;/h1-4,6,15-16H,5H2;1H. The fourth-order valence-electron chi connectivity index (χ4n) is 1.37. The highest BCUT2D eigenvalue weighted by Crippen LogP contribution is 2.15. The first-order valence-electron chi connectivity index (χ1n) is 4.80. The second-order valence-corrected chi connectivity index (χ2v) is 4.27. The van der Waals surface area contributed by atoms with Gasteiger partial charge in [0.2, 0.25) is 5.88 Å². The molecular weight excluding hydrogens is 323 g/mol. The van der Waals surface area contributed by atoms with Gasteiger partial charge in [-0.1, -0.05) is 12.1 Å². The van der Waals surface area contributed by atoms with E-state index >= 15 is 0 Å². The first kappa shape index (κ1) is 14.5. The Bertz CT molecular complexity index is 598. The lowest BCUT2D eigenvalue weighted by atomic mass is 10.2. The number of hydrogen-bond acceptors (Lipinski definition) is 4. The van der Waals surface area contributed by atoms with E-state index in [1.54, 1.807) is 24.3 Å². The summed E-state index contributed by atoms with van der Waals surface area (Å²) < 4.78 is 1.40. The highest BCUT2D eigenvalue weighted by molar-refractivity contribution is 9.10. The van der Waals surface area contributed by atoms with E-state index in [9.17, 15) is 9.90 Å². The van der Waals surface area contributed by atoms with Gasteiger partial charge in [-0.3, -0.25) is 9.36 Å². The van der Waals surface area contributed by atoms with Gasteiger partial charge in [0.25, 0.3) is 5.56 Å². The molecule has 2 N–H and O–H groups in total. The zero-order valence-corrected chi connectivity index (χ0v) is 11.5. The Kier molecular flexibility index (Phi) is 4.75. The van der Waals surface area contributed by atoms with Crippen molar-refractivity contribution >= 4 is 28.3 Å². The minimum absolute atomic E-state index is 0. The molecule has 0 radical (unpaired) electrons. The highest BCUT2D eigenvalue weighted by Gasteiger charge is 2.07. The summed E-state index contributed by atoms with van der Waals surface area (Å²) in [5.74, 6) is -0.150. The number of phenols is 1. The molecule has 5 nitrogen and oxygen atoms in total. The van der Waals surface area contributed by atoms with Crippen molar-refractivity contribution in [1.82, 2.24) is 9.55 Å². The molecule has 7 heteroatoms. The van der Waals surface area contributed by atoms with Gasteiger partial charge in [-0.25, -0.2) is 4.98 Å². The van der Waals surface area contributed by atoms with E-state index in [4.69, 9.17) is 5.11 Å². The van der Waals surface area contributed by atoms with E-state index in [0.717, 1.165) is 5.56 Å². The summed E-state index contributed by atoms with van der Waals surface area (Å²) in [6, 6.07) is 6.51. The molecule has 0 spiro atoms. The average molecular weight is 334 g/mol. The Morgan fingerprint density at radius 2 is 1.83 bits per heavy atom. The number of halogens is 2. The van der Waals surface area contributed by atoms with Gasteiger partial charge in [0.15, 0.2) is 0 Å². The summed E-state index contributed by atoms with van der Waals surface area (Å²) in [7, 11) is 0. The molecule has 0 saturated heterocycles. The van der Waals surface area contributed by atoms with Gasteiger partial charge >= 0.3 is 0 Å². The van der Waals surface area contributed by atoms with Crippen LogP contribution in [0.2, 0.25) is 0 Å². The number of phenolic OH excluding ortho intramolecular Hbond substituents is 1. The Morgan fingerprint density at radius 1 is 1.22 bits per heavy atom. The second-order valence-electron chi connectivity index (χ2n) is 3.48. The van der Waals surface area contributed by atoms with Gasteiger partial charge in [-0.2, -0.15) is 0 Å². The van der Waals surface area contributed by atoms with E-state index in [2.05, 4.69) is 20.9 Å². The third-order valence-corrected chi connectivity index (χ3v) is 2.95. The third-order valence-electron chi connectivity index (χ3n) is 2.25. The number of benzene rings is 1. The van der Waals surface area contributed by atoms with E-state index in [1.807, 2.05) is 0 Å². The van der Waals surface area contributed by atoms with Crippen LogP contribution in [0.4, 0.5) is 0 Å². The van der Waals surface area contributed by atoms with Crippen molar-refractivity contribution in [2.75, 3.05) is 0 Å². The summed E-state index contributed by atoms with van der Waals surface area (Å²) in [5, 5.41) is 18.4. The predicted molar refractivity (Wildman–Crippen MR) is 72.3 cm³/mol. The van der Waals surface area contributed by atoms with Crippen LogP contribution in [-0.2, 0) is 6.54 Å². The number of aromatic hydroxyl groups is 2. The molecule has 1 heterocycles. The Labute approximate surface area is 117 Å². The molecule has 0 fully saturated rings. The molecule has 0 bridgehead atoms. The molecule has 96 valence electrons. The highest BCUT2D eigenvalue weighted by atomic mass is 79.9. The largest absolute Gasteiger partial charge is 0.508 e. The van der Waals surface area contributed by atoms with Crippen LogP contribution in [-0.4, -0.2) is 19.8 Å². The fourth-order valence-corrected chi connectivity index (χ4v) is 1.70. The van der Waals surface area contributed by atoms with Crippen molar-refractivity contribution in [3.05, 3.63) is 51.0 Å². The summed E-state index contributed by atoms with van der Waals surface area (Å²) in [6.45, 7) is 0.324. The number of rotatable bonds is 2. The normalized spacial score (nSPS) is 9.83. The van der Waals surface area contributed by atoms with E-state index in [0.29, 0.717) is 6.54 Å². The topological polar surface area (TPSA) is 75.3 Å². The molecule has 2 rings (SSSR count). The van der Waals surface area contributed by atoms with Gasteiger partial charge in [0.05, 0.1) is 6.54 Å². The lowest BCUT2D eigenvalue weighted by Gasteiger charge is -2.06. The molecule has 0 aliphatic rings. The summed E-state index contributed by atoms with van der Waals surface area (Å²) in [6.07, 6.45) is 1.27. The summed E-state index contributed by atoms with van der Waals surface area (Å²) in [4.78, 5) is 15.4. The first-order valence-corrected chi connectivity index (χ1v) is 5.59. The molecule has 0 unspecified atom stereocenters. The maximum Gasteiger partial charge on any atom is 0.271 e. The van der Waals surface area contributed by atoms with Crippen molar-refractivity contribution in [3.63, 3.8) is 0 Å². The maximum absolute atomic E-state index is 11.7. The SMILES string of the molecule is Cl.O=c1c(Br)c(O)ncn1Cc1ccc(O)cc1. The van der Waals surface area contributed by atoms with Crippen LogP contribution in [0.5, 0.6) is 11.6 Å². The summed E-state index contributed by atoms with van der Waals surface area (Å²) in [5.41, 5.74) is 0.495. The second kappa shape index (κ2) is 5.88. The van der Waals surface area contributed by atoms with Gasteiger partial charge in [0, 0.05) is 0 Å². The maximum atomic E-state index is 11.7. The molecule has 0 amide bonds. The third kappa shape index (κ3) is 3.02. The van der Waals surface area contributed by atoms with Crippen LogP contribution in [0.3, 0.4) is 0 Å². The van der Waals surface area contributed by atoms with Crippen molar-refractivity contribution in [1.29, 1.82) is 0 Å². The van der Waals surface area contributed by atoms with E-state index in [1.165, 1.54) is 10.9 Å². The molecule has 0 atom stereocenters. The first-order chi connectivity index (χ1) is 8.08. The van der Waals surface area contributed by atoms with Crippen LogP contribution in [0.1, 0.15) is 5.56 Å². The Hall–Kier alpha value is -1.53. The van der Waals surface area contributed by atoms with Crippen LogP contribution in [0.15, 0.2) is 39.9 Å². The fraction of sp³-hybridized carbons (Fsp3) is 0.0909.